The van der Waals surface area contributed by atoms with Gasteiger partial charge in [-0.05, 0) is 30.7 Å². The van der Waals surface area contributed by atoms with Crippen LogP contribution in [0.25, 0.3) is 11.1 Å². The number of benzene rings is 2. The molecule has 0 spiro atoms. The van der Waals surface area contributed by atoms with E-state index in [1.807, 2.05) is 31.2 Å². The molecule has 2 rings (SSSR count). The van der Waals surface area contributed by atoms with Crippen LogP contribution in [0.5, 0.6) is 0 Å². The summed E-state index contributed by atoms with van der Waals surface area (Å²) in [5, 5.41) is 0.468. The Morgan fingerprint density at radius 3 is 2.39 bits per heavy atom. The second-order valence-corrected chi connectivity index (χ2v) is 6.92. The van der Waals surface area contributed by atoms with E-state index >= 15 is 0 Å². The summed E-state index contributed by atoms with van der Waals surface area (Å²) >= 11 is 5.92. The molecule has 94 valence electrons. The molecule has 0 aromatic heterocycles. The Kier molecular flexibility index (Phi) is 3.66. The first-order valence-corrected chi connectivity index (χ1v) is 7.88. The van der Waals surface area contributed by atoms with Crippen LogP contribution in [0.1, 0.15) is 5.56 Å². The van der Waals surface area contributed by atoms with Crippen molar-refractivity contribution in [1.29, 1.82) is 0 Å². The Balaban J connectivity index is 2.74. The molecule has 0 fully saturated rings. The van der Waals surface area contributed by atoms with Gasteiger partial charge in [-0.25, -0.2) is 8.42 Å². The van der Waals surface area contributed by atoms with Gasteiger partial charge in [-0.15, -0.1) is 0 Å². The highest BCUT2D eigenvalue weighted by Gasteiger charge is 2.17. The van der Waals surface area contributed by atoms with E-state index < -0.39 is 9.05 Å². The summed E-state index contributed by atoms with van der Waals surface area (Å²) in [4.78, 5) is 0.0687. The molecule has 0 radical (unpaired) electrons. The van der Waals surface area contributed by atoms with E-state index in [4.69, 9.17) is 22.3 Å². The SMILES string of the molecule is Cc1cccc(-c2cc(Cl)ccc2S(=O)(=O)Cl)c1. The van der Waals surface area contributed by atoms with Crippen molar-refractivity contribution in [2.75, 3.05) is 0 Å². The Morgan fingerprint density at radius 1 is 1.06 bits per heavy atom. The fourth-order valence-electron chi connectivity index (χ4n) is 1.75. The maximum atomic E-state index is 11.5. The highest BCUT2D eigenvalue weighted by molar-refractivity contribution is 8.13. The standard InChI is InChI=1S/C13H10Cl2O2S/c1-9-3-2-4-10(7-9)12-8-11(14)5-6-13(12)18(15,16)17/h2-8H,1H3. The first kappa shape index (κ1) is 13.4. The number of hydrogen-bond donors (Lipinski definition) is 0. The van der Waals surface area contributed by atoms with Gasteiger partial charge in [0.05, 0.1) is 4.90 Å². The van der Waals surface area contributed by atoms with Crippen molar-refractivity contribution >= 4 is 31.3 Å². The zero-order valence-electron chi connectivity index (χ0n) is 9.52. The van der Waals surface area contributed by atoms with Crippen LogP contribution in [0.4, 0.5) is 0 Å². The molecule has 0 aliphatic heterocycles. The smallest absolute Gasteiger partial charge is 0.207 e. The number of rotatable bonds is 2. The summed E-state index contributed by atoms with van der Waals surface area (Å²) in [5.41, 5.74) is 2.32. The quantitative estimate of drug-likeness (QED) is 0.777. The Morgan fingerprint density at radius 2 is 1.78 bits per heavy atom. The van der Waals surface area contributed by atoms with Gasteiger partial charge in [0.2, 0.25) is 0 Å². The summed E-state index contributed by atoms with van der Waals surface area (Å²) in [6.07, 6.45) is 0. The lowest BCUT2D eigenvalue weighted by atomic mass is 10.0. The number of hydrogen-bond acceptors (Lipinski definition) is 2. The van der Waals surface area contributed by atoms with E-state index in [2.05, 4.69) is 0 Å². The molecular formula is C13H10Cl2O2S. The van der Waals surface area contributed by atoms with Gasteiger partial charge >= 0.3 is 0 Å². The predicted octanol–water partition coefficient (Wildman–Crippen LogP) is 4.24. The van der Waals surface area contributed by atoms with Crippen LogP contribution in [0.3, 0.4) is 0 Å². The van der Waals surface area contributed by atoms with Crippen molar-refractivity contribution in [2.24, 2.45) is 0 Å². The summed E-state index contributed by atoms with van der Waals surface area (Å²) < 4.78 is 23.1. The minimum absolute atomic E-state index is 0.0687. The van der Waals surface area contributed by atoms with Crippen molar-refractivity contribution in [3.8, 4) is 11.1 Å². The van der Waals surface area contributed by atoms with Crippen molar-refractivity contribution < 1.29 is 8.42 Å². The van der Waals surface area contributed by atoms with Crippen molar-refractivity contribution in [3.63, 3.8) is 0 Å². The maximum Gasteiger partial charge on any atom is 0.261 e. The zero-order valence-corrected chi connectivity index (χ0v) is 11.9. The van der Waals surface area contributed by atoms with Crippen LogP contribution in [0.2, 0.25) is 5.02 Å². The molecule has 2 aromatic carbocycles. The summed E-state index contributed by atoms with van der Waals surface area (Å²) in [5.74, 6) is 0. The lowest BCUT2D eigenvalue weighted by Crippen LogP contribution is -1.95. The average Bonchev–Trinajstić information content (AvgIpc) is 2.27. The molecule has 0 N–H and O–H groups in total. The molecule has 2 aromatic rings. The topological polar surface area (TPSA) is 34.1 Å². The van der Waals surface area contributed by atoms with Gasteiger partial charge in [-0.3, -0.25) is 0 Å². The van der Waals surface area contributed by atoms with Gasteiger partial charge in [0.15, 0.2) is 0 Å². The van der Waals surface area contributed by atoms with Crippen LogP contribution >= 0.6 is 22.3 Å². The molecule has 2 nitrogen and oxygen atoms in total. The van der Waals surface area contributed by atoms with Crippen LogP contribution < -0.4 is 0 Å². The summed E-state index contributed by atoms with van der Waals surface area (Å²) in [6, 6.07) is 12.0. The van der Waals surface area contributed by atoms with E-state index in [1.165, 1.54) is 12.1 Å². The van der Waals surface area contributed by atoms with Crippen LogP contribution in [-0.2, 0) is 9.05 Å². The second kappa shape index (κ2) is 4.92. The minimum atomic E-state index is -3.80. The average molecular weight is 301 g/mol. The van der Waals surface area contributed by atoms with Gasteiger partial charge in [0.1, 0.15) is 0 Å². The Bertz CT molecular complexity index is 694. The first-order chi connectivity index (χ1) is 8.38. The lowest BCUT2D eigenvalue weighted by Gasteiger charge is -2.08. The molecular weight excluding hydrogens is 291 g/mol. The van der Waals surface area contributed by atoms with Crippen molar-refractivity contribution in [1.82, 2.24) is 0 Å². The summed E-state index contributed by atoms with van der Waals surface area (Å²) in [7, 11) is 1.64. The monoisotopic (exact) mass is 300 g/mol. The van der Waals surface area contributed by atoms with Crippen LogP contribution in [0, 0.1) is 6.92 Å². The van der Waals surface area contributed by atoms with E-state index in [0.29, 0.717) is 10.6 Å². The Hall–Kier alpha value is -1.03. The fourth-order valence-corrected chi connectivity index (χ4v) is 3.00. The molecule has 0 bridgehead atoms. The molecule has 0 saturated heterocycles. The summed E-state index contributed by atoms with van der Waals surface area (Å²) in [6.45, 7) is 1.93. The van der Waals surface area contributed by atoms with Crippen LogP contribution in [0.15, 0.2) is 47.4 Å². The zero-order chi connectivity index (χ0) is 13.3. The molecule has 0 aliphatic rings. The maximum absolute atomic E-state index is 11.5. The predicted molar refractivity (Wildman–Crippen MR) is 74.7 cm³/mol. The van der Waals surface area contributed by atoms with Gasteiger partial charge in [0, 0.05) is 21.3 Å². The van der Waals surface area contributed by atoms with E-state index in [1.54, 1.807) is 6.07 Å². The number of halogens is 2. The fraction of sp³-hybridized carbons (Fsp3) is 0.0769. The molecule has 18 heavy (non-hydrogen) atoms. The normalized spacial score (nSPS) is 11.5. The highest BCUT2D eigenvalue weighted by atomic mass is 35.7. The van der Waals surface area contributed by atoms with Gasteiger partial charge in [0.25, 0.3) is 9.05 Å². The van der Waals surface area contributed by atoms with Crippen molar-refractivity contribution in [2.45, 2.75) is 11.8 Å². The molecule has 0 saturated carbocycles. The van der Waals surface area contributed by atoms with E-state index in [0.717, 1.165) is 11.1 Å². The first-order valence-electron chi connectivity index (χ1n) is 5.19. The van der Waals surface area contributed by atoms with Crippen LogP contribution in [-0.4, -0.2) is 8.42 Å². The molecule has 0 heterocycles. The third kappa shape index (κ3) is 2.86. The van der Waals surface area contributed by atoms with Gasteiger partial charge < -0.3 is 0 Å². The number of aryl methyl sites for hydroxylation is 1. The van der Waals surface area contributed by atoms with E-state index in [-0.39, 0.29) is 4.90 Å². The molecule has 0 atom stereocenters. The van der Waals surface area contributed by atoms with Gasteiger partial charge in [-0.1, -0.05) is 41.4 Å². The largest absolute Gasteiger partial charge is 0.261 e. The molecule has 5 heteroatoms. The highest BCUT2D eigenvalue weighted by Crippen LogP contribution is 2.32. The third-order valence-electron chi connectivity index (χ3n) is 2.53. The second-order valence-electron chi connectivity index (χ2n) is 3.95. The Labute approximate surface area is 116 Å². The van der Waals surface area contributed by atoms with E-state index in [9.17, 15) is 8.42 Å². The molecule has 0 amide bonds. The van der Waals surface area contributed by atoms with Crippen molar-refractivity contribution in [3.05, 3.63) is 53.1 Å². The van der Waals surface area contributed by atoms with Gasteiger partial charge in [-0.2, -0.15) is 0 Å². The molecule has 0 unspecified atom stereocenters. The lowest BCUT2D eigenvalue weighted by molar-refractivity contribution is 0.610. The third-order valence-corrected chi connectivity index (χ3v) is 4.15. The molecule has 0 aliphatic carbocycles. The minimum Gasteiger partial charge on any atom is -0.207 e.